The molecule has 3 aromatic rings. The summed E-state index contributed by atoms with van der Waals surface area (Å²) in [5, 5.41) is 7.04. The lowest BCUT2D eigenvalue weighted by Gasteiger charge is -2.07. The standard InChI is InChI=1S/C21H22N2O4/c1-4-22-19(24)13-18-20(14-5-9-16(25-2)10-6-14)21(23-27-18)15-7-11-17(26-3)12-8-15/h5-12H,4,13H2,1-3H3,(H,22,24). The Labute approximate surface area is 158 Å². The maximum absolute atomic E-state index is 12.1. The summed E-state index contributed by atoms with van der Waals surface area (Å²) < 4.78 is 16.0. The van der Waals surface area contributed by atoms with Gasteiger partial charge in [-0.15, -0.1) is 0 Å². The average molecular weight is 366 g/mol. The molecule has 1 N–H and O–H groups in total. The topological polar surface area (TPSA) is 73.6 Å². The van der Waals surface area contributed by atoms with Crippen LogP contribution in [-0.2, 0) is 11.2 Å². The molecule has 0 aliphatic rings. The lowest BCUT2D eigenvalue weighted by atomic mass is 9.98. The van der Waals surface area contributed by atoms with Gasteiger partial charge in [0.25, 0.3) is 0 Å². The number of carbonyl (C=O) groups is 1. The average Bonchev–Trinajstić information content (AvgIpc) is 3.11. The third kappa shape index (κ3) is 4.11. The van der Waals surface area contributed by atoms with Crippen molar-refractivity contribution in [2.75, 3.05) is 20.8 Å². The van der Waals surface area contributed by atoms with Crippen molar-refractivity contribution in [1.29, 1.82) is 0 Å². The van der Waals surface area contributed by atoms with Gasteiger partial charge in [0.1, 0.15) is 17.2 Å². The van der Waals surface area contributed by atoms with Gasteiger partial charge in [-0.25, -0.2) is 0 Å². The summed E-state index contributed by atoms with van der Waals surface area (Å²) in [6.45, 7) is 2.45. The van der Waals surface area contributed by atoms with E-state index in [4.69, 9.17) is 14.0 Å². The number of ether oxygens (including phenoxy) is 2. The van der Waals surface area contributed by atoms with E-state index in [1.807, 2.05) is 55.5 Å². The molecule has 0 saturated heterocycles. The monoisotopic (exact) mass is 366 g/mol. The van der Waals surface area contributed by atoms with Crippen LogP contribution >= 0.6 is 0 Å². The van der Waals surface area contributed by atoms with Crippen LogP contribution in [0.2, 0.25) is 0 Å². The van der Waals surface area contributed by atoms with Crippen LogP contribution in [0.3, 0.4) is 0 Å². The van der Waals surface area contributed by atoms with E-state index in [1.165, 1.54) is 0 Å². The number of carbonyl (C=O) groups excluding carboxylic acids is 1. The second-order valence-electron chi connectivity index (χ2n) is 5.92. The third-order valence-corrected chi connectivity index (χ3v) is 4.20. The molecule has 0 saturated carbocycles. The lowest BCUT2D eigenvalue weighted by Crippen LogP contribution is -2.24. The Morgan fingerprint density at radius 3 is 2.04 bits per heavy atom. The van der Waals surface area contributed by atoms with E-state index >= 15 is 0 Å². The second kappa shape index (κ2) is 8.40. The minimum absolute atomic E-state index is 0.107. The van der Waals surface area contributed by atoms with Crippen molar-refractivity contribution in [2.24, 2.45) is 0 Å². The Kier molecular flexibility index (Phi) is 5.76. The number of hydrogen-bond acceptors (Lipinski definition) is 5. The molecule has 0 bridgehead atoms. The summed E-state index contributed by atoms with van der Waals surface area (Å²) in [5.41, 5.74) is 3.27. The van der Waals surface area contributed by atoms with Crippen molar-refractivity contribution < 1.29 is 18.8 Å². The van der Waals surface area contributed by atoms with Crippen LogP contribution in [0, 0.1) is 0 Å². The molecule has 1 amide bonds. The molecule has 0 fully saturated rings. The van der Waals surface area contributed by atoms with E-state index in [0.29, 0.717) is 18.0 Å². The summed E-state index contributed by atoms with van der Waals surface area (Å²) in [6, 6.07) is 15.2. The Hall–Kier alpha value is -3.28. The summed E-state index contributed by atoms with van der Waals surface area (Å²) >= 11 is 0. The summed E-state index contributed by atoms with van der Waals surface area (Å²) in [5.74, 6) is 1.93. The Morgan fingerprint density at radius 2 is 1.52 bits per heavy atom. The molecule has 6 heteroatoms. The number of rotatable bonds is 7. The number of likely N-dealkylation sites (N-methyl/N-ethyl adjacent to an activating group) is 1. The van der Waals surface area contributed by atoms with Gasteiger partial charge in [-0.3, -0.25) is 4.79 Å². The smallest absolute Gasteiger partial charge is 0.227 e. The molecule has 6 nitrogen and oxygen atoms in total. The number of nitrogens with one attached hydrogen (secondary N) is 1. The van der Waals surface area contributed by atoms with Crippen LogP contribution in [0.25, 0.3) is 22.4 Å². The number of benzene rings is 2. The predicted molar refractivity (Wildman–Crippen MR) is 103 cm³/mol. The number of aromatic nitrogens is 1. The van der Waals surface area contributed by atoms with Crippen molar-refractivity contribution in [2.45, 2.75) is 13.3 Å². The van der Waals surface area contributed by atoms with Crippen molar-refractivity contribution in [3.8, 4) is 33.9 Å². The number of methoxy groups -OCH3 is 2. The van der Waals surface area contributed by atoms with Crippen LogP contribution in [0.1, 0.15) is 12.7 Å². The molecular weight excluding hydrogens is 344 g/mol. The maximum Gasteiger partial charge on any atom is 0.227 e. The van der Waals surface area contributed by atoms with Gasteiger partial charge >= 0.3 is 0 Å². The normalized spacial score (nSPS) is 10.5. The molecule has 0 radical (unpaired) electrons. The first-order valence-electron chi connectivity index (χ1n) is 8.70. The van der Waals surface area contributed by atoms with E-state index in [1.54, 1.807) is 14.2 Å². The largest absolute Gasteiger partial charge is 0.497 e. The molecule has 3 rings (SSSR count). The molecule has 2 aromatic carbocycles. The highest BCUT2D eigenvalue weighted by atomic mass is 16.5. The Balaban J connectivity index is 2.06. The zero-order chi connectivity index (χ0) is 19.2. The number of amides is 1. The van der Waals surface area contributed by atoms with Crippen LogP contribution in [-0.4, -0.2) is 31.8 Å². The molecule has 0 aliphatic carbocycles. The van der Waals surface area contributed by atoms with E-state index in [0.717, 1.165) is 28.2 Å². The third-order valence-electron chi connectivity index (χ3n) is 4.20. The van der Waals surface area contributed by atoms with Crippen molar-refractivity contribution >= 4 is 5.91 Å². The van der Waals surface area contributed by atoms with Crippen molar-refractivity contribution in [3.05, 3.63) is 54.3 Å². The molecule has 1 aromatic heterocycles. The van der Waals surface area contributed by atoms with E-state index in [2.05, 4.69) is 10.5 Å². The zero-order valence-corrected chi connectivity index (χ0v) is 15.6. The van der Waals surface area contributed by atoms with Gasteiger partial charge in [0.05, 0.1) is 26.2 Å². The van der Waals surface area contributed by atoms with Gasteiger partial charge in [-0.1, -0.05) is 17.3 Å². The van der Waals surface area contributed by atoms with Crippen LogP contribution < -0.4 is 14.8 Å². The van der Waals surface area contributed by atoms with Gasteiger partial charge in [-0.2, -0.15) is 0 Å². The van der Waals surface area contributed by atoms with Gasteiger partial charge < -0.3 is 19.3 Å². The molecule has 0 spiro atoms. The summed E-state index contributed by atoms with van der Waals surface area (Å²) in [6.07, 6.45) is 0.123. The first-order chi connectivity index (χ1) is 13.2. The lowest BCUT2D eigenvalue weighted by molar-refractivity contribution is -0.120. The van der Waals surface area contributed by atoms with Gasteiger partial charge in [0, 0.05) is 12.1 Å². The molecule has 0 aliphatic heterocycles. The van der Waals surface area contributed by atoms with E-state index in [-0.39, 0.29) is 12.3 Å². The zero-order valence-electron chi connectivity index (χ0n) is 15.6. The van der Waals surface area contributed by atoms with Crippen molar-refractivity contribution in [3.63, 3.8) is 0 Å². The molecule has 140 valence electrons. The number of nitrogens with zero attached hydrogens (tertiary/aromatic N) is 1. The fourth-order valence-electron chi connectivity index (χ4n) is 2.85. The summed E-state index contributed by atoms with van der Waals surface area (Å²) in [7, 11) is 3.25. The van der Waals surface area contributed by atoms with Crippen molar-refractivity contribution in [1.82, 2.24) is 10.5 Å². The fourth-order valence-corrected chi connectivity index (χ4v) is 2.85. The molecule has 0 atom stereocenters. The molecule has 1 heterocycles. The van der Waals surface area contributed by atoms with E-state index < -0.39 is 0 Å². The maximum atomic E-state index is 12.1. The minimum Gasteiger partial charge on any atom is -0.497 e. The first kappa shape index (κ1) is 18.5. The first-order valence-corrected chi connectivity index (χ1v) is 8.70. The SMILES string of the molecule is CCNC(=O)Cc1onc(-c2ccc(OC)cc2)c1-c1ccc(OC)cc1. The highest BCUT2D eigenvalue weighted by molar-refractivity contribution is 5.86. The predicted octanol–water partition coefficient (Wildman–Crippen LogP) is 3.70. The highest BCUT2D eigenvalue weighted by Crippen LogP contribution is 2.36. The second-order valence-corrected chi connectivity index (χ2v) is 5.92. The van der Waals surface area contributed by atoms with Gasteiger partial charge in [0.15, 0.2) is 5.76 Å². The molecular formula is C21H22N2O4. The minimum atomic E-state index is -0.107. The molecule has 27 heavy (non-hydrogen) atoms. The molecule has 0 unspecified atom stereocenters. The summed E-state index contributed by atoms with van der Waals surface area (Å²) in [4.78, 5) is 12.1. The van der Waals surface area contributed by atoms with Crippen LogP contribution in [0.5, 0.6) is 11.5 Å². The van der Waals surface area contributed by atoms with Crippen LogP contribution in [0.4, 0.5) is 0 Å². The van der Waals surface area contributed by atoms with Crippen LogP contribution in [0.15, 0.2) is 53.1 Å². The Morgan fingerprint density at radius 1 is 0.963 bits per heavy atom. The van der Waals surface area contributed by atoms with Gasteiger partial charge in [0.2, 0.25) is 5.91 Å². The Bertz CT molecular complexity index is 899. The van der Waals surface area contributed by atoms with E-state index in [9.17, 15) is 4.79 Å². The van der Waals surface area contributed by atoms with Gasteiger partial charge in [-0.05, 0) is 48.9 Å². The highest BCUT2D eigenvalue weighted by Gasteiger charge is 2.21. The fraction of sp³-hybridized carbons (Fsp3) is 0.238. The number of hydrogen-bond donors (Lipinski definition) is 1. The quantitative estimate of drug-likeness (QED) is 0.690.